The topological polar surface area (TPSA) is 75.4 Å². The van der Waals surface area contributed by atoms with Gasteiger partial charge in [0.1, 0.15) is 0 Å². The van der Waals surface area contributed by atoms with Crippen molar-refractivity contribution in [3.05, 3.63) is 0 Å². The normalized spacial score (nSPS) is 14.9. The number of carbonyl (C=O) groups is 1. The van der Waals surface area contributed by atoms with Gasteiger partial charge in [0.05, 0.1) is 12.6 Å². The SMILES string of the molecule is CC(CCN)CCC(=O)N[C@H](CO)C(C)C. The lowest BCUT2D eigenvalue weighted by Gasteiger charge is -2.20. The van der Waals surface area contributed by atoms with Crippen LogP contribution in [0.5, 0.6) is 0 Å². The number of aliphatic hydroxyl groups is 1. The number of aliphatic hydroxyl groups excluding tert-OH is 1. The van der Waals surface area contributed by atoms with E-state index in [0.717, 1.165) is 12.8 Å². The molecule has 0 aliphatic heterocycles. The molecule has 0 aromatic heterocycles. The highest BCUT2D eigenvalue weighted by atomic mass is 16.3. The van der Waals surface area contributed by atoms with E-state index >= 15 is 0 Å². The molecule has 4 nitrogen and oxygen atoms in total. The van der Waals surface area contributed by atoms with Gasteiger partial charge in [-0.25, -0.2) is 0 Å². The summed E-state index contributed by atoms with van der Waals surface area (Å²) in [6, 6.07) is -0.127. The zero-order valence-corrected chi connectivity index (χ0v) is 10.7. The number of carbonyl (C=O) groups excluding carboxylic acids is 1. The second kappa shape index (κ2) is 8.53. The molecular formula is C12H26N2O2. The molecular weight excluding hydrogens is 204 g/mol. The number of nitrogens with one attached hydrogen (secondary N) is 1. The lowest BCUT2D eigenvalue weighted by atomic mass is 10.0. The molecule has 0 aromatic carbocycles. The predicted molar refractivity (Wildman–Crippen MR) is 65.9 cm³/mol. The summed E-state index contributed by atoms with van der Waals surface area (Å²) in [4.78, 5) is 11.6. The summed E-state index contributed by atoms with van der Waals surface area (Å²) in [5.74, 6) is 0.773. The Hall–Kier alpha value is -0.610. The Labute approximate surface area is 98.6 Å². The first kappa shape index (κ1) is 15.4. The number of rotatable bonds is 8. The van der Waals surface area contributed by atoms with Crippen LogP contribution in [0.4, 0.5) is 0 Å². The maximum Gasteiger partial charge on any atom is 0.220 e. The Bertz CT molecular complexity index is 195. The van der Waals surface area contributed by atoms with E-state index in [1.165, 1.54) is 0 Å². The minimum atomic E-state index is -0.127. The third-order valence-corrected chi connectivity index (χ3v) is 2.87. The van der Waals surface area contributed by atoms with Crippen molar-refractivity contribution in [1.29, 1.82) is 0 Å². The van der Waals surface area contributed by atoms with Crippen molar-refractivity contribution >= 4 is 5.91 Å². The average molecular weight is 230 g/mol. The molecule has 0 aliphatic carbocycles. The molecule has 96 valence electrons. The van der Waals surface area contributed by atoms with Crippen molar-refractivity contribution < 1.29 is 9.90 Å². The standard InChI is InChI=1S/C12H26N2O2/c1-9(2)11(8-15)14-12(16)5-4-10(3)6-7-13/h9-11,15H,4-8,13H2,1-3H3,(H,14,16)/t10?,11-/m1/s1. The zero-order chi connectivity index (χ0) is 12.6. The van der Waals surface area contributed by atoms with Crippen LogP contribution in [0, 0.1) is 11.8 Å². The molecule has 1 unspecified atom stereocenters. The van der Waals surface area contributed by atoms with Gasteiger partial charge in [-0.3, -0.25) is 4.79 Å². The number of hydrogen-bond acceptors (Lipinski definition) is 3. The fraction of sp³-hybridized carbons (Fsp3) is 0.917. The summed E-state index contributed by atoms with van der Waals surface area (Å²) in [5.41, 5.74) is 5.44. The minimum absolute atomic E-state index is 0.00175. The van der Waals surface area contributed by atoms with Crippen LogP contribution in [0.3, 0.4) is 0 Å². The van der Waals surface area contributed by atoms with Gasteiger partial charge in [0.15, 0.2) is 0 Å². The molecule has 0 aromatic rings. The first-order chi connectivity index (χ1) is 7.51. The number of nitrogens with two attached hydrogens (primary N) is 1. The summed E-state index contributed by atoms with van der Waals surface area (Å²) < 4.78 is 0. The maximum absolute atomic E-state index is 11.6. The fourth-order valence-electron chi connectivity index (χ4n) is 1.51. The summed E-state index contributed by atoms with van der Waals surface area (Å²) in [6.45, 7) is 6.75. The highest BCUT2D eigenvalue weighted by Crippen LogP contribution is 2.09. The monoisotopic (exact) mass is 230 g/mol. The number of hydrogen-bond donors (Lipinski definition) is 3. The van der Waals surface area contributed by atoms with Gasteiger partial charge in [0.25, 0.3) is 0 Å². The fourth-order valence-corrected chi connectivity index (χ4v) is 1.51. The van der Waals surface area contributed by atoms with Gasteiger partial charge in [-0.15, -0.1) is 0 Å². The first-order valence-corrected chi connectivity index (χ1v) is 6.11. The Morgan fingerprint density at radius 2 is 1.94 bits per heavy atom. The van der Waals surface area contributed by atoms with Crippen LogP contribution in [-0.4, -0.2) is 30.2 Å². The molecule has 4 heteroatoms. The van der Waals surface area contributed by atoms with Crippen LogP contribution in [0.15, 0.2) is 0 Å². The van der Waals surface area contributed by atoms with Crippen LogP contribution in [0.25, 0.3) is 0 Å². The quantitative estimate of drug-likeness (QED) is 0.579. The van der Waals surface area contributed by atoms with E-state index < -0.39 is 0 Å². The Balaban J connectivity index is 3.80. The van der Waals surface area contributed by atoms with Gasteiger partial charge < -0.3 is 16.2 Å². The summed E-state index contributed by atoms with van der Waals surface area (Å²) >= 11 is 0. The highest BCUT2D eigenvalue weighted by molar-refractivity contribution is 5.76. The van der Waals surface area contributed by atoms with Gasteiger partial charge in [-0.2, -0.15) is 0 Å². The van der Waals surface area contributed by atoms with E-state index in [9.17, 15) is 4.79 Å². The molecule has 0 radical (unpaired) electrons. The molecule has 2 atom stereocenters. The van der Waals surface area contributed by atoms with Crippen molar-refractivity contribution in [2.24, 2.45) is 17.6 Å². The largest absolute Gasteiger partial charge is 0.394 e. The summed E-state index contributed by atoms with van der Waals surface area (Å²) in [5, 5.41) is 11.9. The van der Waals surface area contributed by atoms with Crippen molar-refractivity contribution in [2.45, 2.75) is 46.1 Å². The summed E-state index contributed by atoms with van der Waals surface area (Å²) in [6.07, 6.45) is 2.34. The predicted octanol–water partition coefficient (Wildman–Crippen LogP) is 0.885. The second-order valence-corrected chi connectivity index (χ2v) is 4.82. The van der Waals surface area contributed by atoms with Crippen molar-refractivity contribution in [1.82, 2.24) is 5.32 Å². The molecule has 16 heavy (non-hydrogen) atoms. The molecule has 0 saturated carbocycles. The molecule has 0 bridgehead atoms. The third-order valence-electron chi connectivity index (χ3n) is 2.87. The van der Waals surface area contributed by atoms with Crippen molar-refractivity contribution in [2.75, 3.05) is 13.2 Å². The van der Waals surface area contributed by atoms with Crippen LogP contribution >= 0.6 is 0 Å². The smallest absolute Gasteiger partial charge is 0.220 e. The van der Waals surface area contributed by atoms with E-state index in [2.05, 4.69) is 12.2 Å². The maximum atomic E-state index is 11.6. The van der Waals surface area contributed by atoms with Crippen molar-refractivity contribution in [3.8, 4) is 0 Å². The van der Waals surface area contributed by atoms with Crippen LogP contribution in [0.1, 0.15) is 40.0 Å². The van der Waals surface area contributed by atoms with Crippen LogP contribution in [-0.2, 0) is 4.79 Å². The first-order valence-electron chi connectivity index (χ1n) is 6.11. The van der Waals surface area contributed by atoms with E-state index in [4.69, 9.17) is 10.8 Å². The Kier molecular flexibility index (Phi) is 8.21. The van der Waals surface area contributed by atoms with Gasteiger partial charge in [-0.1, -0.05) is 20.8 Å². The van der Waals surface area contributed by atoms with Gasteiger partial charge in [-0.05, 0) is 31.2 Å². The van der Waals surface area contributed by atoms with E-state index in [1.807, 2.05) is 13.8 Å². The van der Waals surface area contributed by atoms with E-state index in [0.29, 0.717) is 18.9 Å². The second-order valence-electron chi connectivity index (χ2n) is 4.82. The average Bonchev–Trinajstić information content (AvgIpc) is 2.23. The van der Waals surface area contributed by atoms with Gasteiger partial charge in [0, 0.05) is 6.42 Å². The molecule has 1 amide bonds. The lowest BCUT2D eigenvalue weighted by Crippen LogP contribution is -2.41. The minimum Gasteiger partial charge on any atom is -0.394 e. The molecule has 0 fully saturated rings. The molecule has 0 heterocycles. The molecule has 0 rings (SSSR count). The number of amides is 1. The highest BCUT2D eigenvalue weighted by Gasteiger charge is 2.15. The van der Waals surface area contributed by atoms with Gasteiger partial charge in [0.2, 0.25) is 5.91 Å². The Morgan fingerprint density at radius 1 is 1.31 bits per heavy atom. The summed E-state index contributed by atoms with van der Waals surface area (Å²) in [7, 11) is 0. The van der Waals surface area contributed by atoms with Crippen molar-refractivity contribution in [3.63, 3.8) is 0 Å². The Morgan fingerprint density at radius 3 is 2.38 bits per heavy atom. The van der Waals surface area contributed by atoms with E-state index in [-0.39, 0.29) is 24.5 Å². The van der Waals surface area contributed by atoms with Crippen LogP contribution < -0.4 is 11.1 Å². The molecule has 0 saturated heterocycles. The molecule has 0 aliphatic rings. The lowest BCUT2D eigenvalue weighted by molar-refractivity contribution is -0.122. The molecule has 4 N–H and O–H groups in total. The van der Waals surface area contributed by atoms with E-state index in [1.54, 1.807) is 0 Å². The zero-order valence-electron chi connectivity index (χ0n) is 10.7. The third kappa shape index (κ3) is 6.80. The van der Waals surface area contributed by atoms with Gasteiger partial charge >= 0.3 is 0 Å². The molecule has 0 spiro atoms. The van der Waals surface area contributed by atoms with Crippen LogP contribution in [0.2, 0.25) is 0 Å².